The molecule has 1 amide bonds. The van der Waals surface area contributed by atoms with Gasteiger partial charge < -0.3 is 10.5 Å². The molecule has 0 atom stereocenters. The highest BCUT2D eigenvalue weighted by atomic mass is 16.5. The van der Waals surface area contributed by atoms with Crippen molar-refractivity contribution in [2.24, 2.45) is 5.73 Å². The van der Waals surface area contributed by atoms with Crippen molar-refractivity contribution in [3.05, 3.63) is 48.3 Å². The first-order valence-corrected chi connectivity index (χ1v) is 5.10. The molecule has 1 heterocycles. The van der Waals surface area contributed by atoms with Crippen LogP contribution in [-0.4, -0.2) is 18.0 Å². The van der Waals surface area contributed by atoms with Gasteiger partial charge in [-0.15, -0.1) is 0 Å². The fourth-order valence-electron chi connectivity index (χ4n) is 1.61. The highest BCUT2D eigenvalue weighted by molar-refractivity contribution is 5.99. The number of benzene rings is 1. The molecule has 0 unspecified atom stereocenters. The van der Waals surface area contributed by atoms with Crippen molar-refractivity contribution in [3.63, 3.8) is 0 Å². The van der Waals surface area contributed by atoms with Crippen LogP contribution in [0.4, 0.5) is 0 Å². The predicted octanol–water partition coefficient (Wildman–Crippen LogP) is 1.86. The van der Waals surface area contributed by atoms with Crippen molar-refractivity contribution in [1.82, 2.24) is 4.98 Å². The maximum Gasteiger partial charge on any atom is 0.249 e. The summed E-state index contributed by atoms with van der Waals surface area (Å²) in [5.74, 6) is 0.302. The summed E-state index contributed by atoms with van der Waals surface area (Å²) in [7, 11) is 1.61. The number of carbonyl (C=O) groups excluding carboxylic acids is 1. The van der Waals surface area contributed by atoms with Crippen molar-refractivity contribution >= 4 is 5.91 Å². The van der Waals surface area contributed by atoms with Gasteiger partial charge >= 0.3 is 0 Å². The number of rotatable bonds is 3. The molecule has 1 aromatic carbocycles. The van der Waals surface area contributed by atoms with Crippen LogP contribution in [0.3, 0.4) is 0 Å². The molecule has 0 fully saturated rings. The molecule has 1 aromatic heterocycles. The minimum atomic E-state index is -0.460. The van der Waals surface area contributed by atoms with Crippen molar-refractivity contribution < 1.29 is 9.53 Å². The molecule has 2 rings (SSSR count). The summed E-state index contributed by atoms with van der Waals surface area (Å²) in [5.41, 5.74) is 7.39. The summed E-state index contributed by atoms with van der Waals surface area (Å²) in [4.78, 5) is 15.3. The number of nitrogens with zero attached hydrogens (tertiary/aromatic N) is 1. The van der Waals surface area contributed by atoms with Gasteiger partial charge in [0.1, 0.15) is 5.75 Å². The summed E-state index contributed by atoms with van der Waals surface area (Å²) < 4.78 is 5.08. The monoisotopic (exact) mass is 228 g/mol. The lowest BCUT2D eigenvalue weighted by Gasteiger charge is -2.06. The van der Waals surface area contributed by atoms with Gasteiger partial charge in [-0.05, 0) is 23.8 Å². The summed E-state index contributed by atoms with van der Waals surface area (Å²) in [6.07, 6.45) is 3.18. The van der Waals surface area contributed by atoms with Gasteiger partial charge in [0.15, 0.2) is 0 Å². The van der Waals surface area contributed by atoms with Gasteiger partial charge in [-0.2, -0.15) is 0 Å². The Morgan fingerprint density at radius 3 is 2.53 bits per heavy atom. The number of carbonyl (C=O) groups is 1. The van der Waals surface area contributed by atoms with E-state index >= 15 is 0 Å². The highest BCUT2D eigenvalue weighted by Gasteiger charge is 2.09. The Kier molecular flexibility index (Phi) is 3.05. The molecule has 2 N–H and O–H groups in total. The van der Waals surface area contributed by atoms with Crippen LogP contribution in [0.5, 0.6) is 5.75 Å². The van der Waals surface area contributed by atoms with Crippen LogP contribution < -0.4 is 10.5 Å². The molecule has 4 nitrogen and oxygen atoms in total. The van der Waals surface area contributed by atoms with Gasteiger partial charge in [0.25, 0.3) is 0 Å². The minimum absolute atomic E-state index is 0.460. The van der Waals surface area contributed by atoms with E-state index in [0.717, 1.165) is 16.9 Å². The molecule has 0 aliphatic carbocycles. The number of nitrogens with two attached hydrogens (primary N) is 1. The van der Waals surface area contributed by atoms with Crippen LogP contribution in [0.1, 0.15) is 10.4 Å². The fraction of sp³-hybridized carbons (Fsp3) is 0.0769. The van der Waals surface area contributed by atoms with E-state index in [1.807, 2.05) is 24.3 Å². The molecule has 0 bridgehead atoms. The van der Waals surface area contributed by atoms with Crippen molar-refractivity contribution in [2.45, 2.75) is 0 Å². The molecular weight excluding hydrogens is 216 g/mol. The van der Waals surface area contributed by atoms with Crippen LogP contribution in [0.25, 0.3) is 11.1 Å². The topological polar surface area (TPSA) is 65.2 Å². The first kappa shape index (κ1) is 11.1. The molecule has 0 aliphatic heterocycles. The maximum absolute atomic E-state index is 11.3. The van der Waals surface area contributed by atoms with E-state index in [1.54, 1.807) is 25.6 Å². The van der Waals surface area contributed by atoms with E-state index in [4.69, 9.17) is 10.5 Å². The average molecular weight is 228 g/mol. The van der Waals surface area contributed by atoms with Crippen LogP contribution in [-0.2, 0) is 0 Å². The molecular formula is C13H12N2O2. The second-order valence-corrected chi connectivity index (χ2v) is 3.51. The number of hydrogen-bond acceptors (Lipinski definition) is 3. The van der Waals surface area contributed by atoms with Gasteiger partial charge in [-0.25, -0.2) is 0 Å². The molecule has 86 valence electrons. The van der Waals surface area contributed by atoms with E-state index in [0.29, 0.717) is 5.56 Å². The van der Waals surface area contributed by atoms with Crippen LogP contribution in [0.2, 0.25) is 0 Å². The Labute approximate surface area is 99.1 Å². The number of amides is 1. The van der Waals surface area contributed by atoms with E-state index < -0.39 is 5.91 Å². The Hall–Kier alpha value is -2.36. The first-order chi connectivity index (χ1) is 8.22. The van der Waals surface area contributed by atoms with Gasteiger partial charge in [0.05, 0.1) is 7.11 Å². The second kappa shape index (κ2) is 4.65. The van der Waals surface area contributed by atoms with Gasteiger partial charge in [0.2, 0.25) is 5.91 Å². The third-order valence-corrected chi connectivity index (χ3v) is 2.49. The van der Waals surface area contributed by atoms with E-state index in [9.17, 15) is 4.79 Å². The van der Waals surface area contributed by atoms with Crippen molar-refractivity contribution in [3.8, 4) is 16.9 Å². The number of pyridine rings is 1. The van der Waals surface area contributed by atoms with E-state index in [-0.39, 0.29) is 0 Å². The third-order valence-electron chi connectivity index (χ3n) is 2.49. The Bertz CT molecular complexity index is 535. The summed E-state index contributed by atoms with van der Waals surface area (Å²) >= 11 is 0. The summed E-state index contributed by atoms with van der Waals surface area (Å²) in [6.45, 7) is 0. The van der Waals surface area contributed by atoms with Crippen LogP contribution in [0, 0.1) is 0 Å². The zero-order valence-corrected chi connectivity index (χ0v) is 9.38. The lowest BCUT2D eigenvalue weighted by Crippen LogP contribution is -2.12. The average Bonchev–Trinajstić information content (AvgIpc) is 2.39. The minimum Gasteiger partial charge on any atom is -0.497 e. The normalized spacial score (nSPS) is 9.94. The SMILES string of the molecule is COc1ccc(-c2cnccc2C(N)=O)cc1. The number of hydrogen-bond donors (Lipinski definition) is 1. The quantitative estimate of drug-likeness (QED) is 0.871. The second-order valence-electron chi connectivity index (χ2n) is 3.51. The van der Waals surface area contributed by atoms with Crippen LogP contribution in [0.15, 0.2) is 42.7 Å². The van der Waals surface area contributed by atoms with E-state index in [1.165, 1.54) is 0 Å². The molecule has 0 radical (unpaired) electrons. The predicted molar refractivity (Wildman–Crippen MR) is 64.7 cm³/mol. The Morgan fingerprint density at radius 1 is 1.24 bits per heavy atom. The molecule has 2 aromatic rings. The Balaban J connectivity index is 2.48. The zero-order valence-electron chi connectivity index (χ0n) is 9.38. The number of aromatic nitrogens is 1. The molecule has 0 aliphatic rings. The number of methoxy groups -OCH3 is 1. The van der Waals surface area contributed by atoms with Crippen molar-refractivity contribution in [2.75, 3.05) is 7.11 Å². The summed E-state index contributed by atoms with van der Waals surface area (Å²) in [5, 5.41) is 0. The Morgan fingerprint density at radius 2 is 1.94 bits per heavy atom. The van der Waals surface area contributed by atoms with E-state index in [2.05, 4.69) is 4.98 Å². The van der Waals surface area contributed by atoms with Gasteiger partial charge in [-0.1, -0.05) is 12.1 Å². The van der Waals surface area contributed by atoms with Gasteiger partial charge in [0, 0.05) is 23.5 Å². The first-order valence-electron chi connectivity index (χ1n) is 5.10. The lowest BCUT2D eigenvalue weighted by atomic mass is 10.0. The zero-order chi connectivity index (χ0) is 12.3. The standard InChI is InChI=1S/C13H12N2O2/c1-17-10-4-2-9(3-5-10)12-8-15-7-6-11(12)13(14)16/h2-8H,1H3,(H2,14,16). The number of primary amides is 1. The third kappa shape index (κ3) is 2.25. The van der Waals surface area contributed by atoms with Crippen molar-refractivity contribution in [1.29, 1.82) is 0 Å². The molecule has 0 saturated carbocycles. The lowest BCUT2D eigenvalue weighted by molar-refractivity contribution is 0.100. The summed E-state index contributed by atoms with van der Waals surface area (Å²) in [6, 6.07) is 8.99. The highest BCUT2D eigenvalue weighted by Crippen LogP contribution is 2.24. The number of ether oxygens (including phenoxy) is 1. The molecule has 0 saturated heterocycles. The molecule has 17 heavy (non-hydrogen) atoms. The largest absolute Gasteiger partial charge is 0.497 e. The molecule has 0 spiro atoms. The van der Waals surface area contributed by atoms with Gasteiger partial charge in [-0.3, -0.25) is 9.78 Å². The molecule has 4 heteroatoms. The maximum atomic E-state index is 11.3. The smallest absolute Gasteiger partial charge is 0.249 e. The van der Waals surface area contributed by atoms with Crippen LogP contribution >= 0.6 is 0 Å². The fourth-order valence-corrected chi connectivity index (χ4v) is 1.61.